The lowest BCUT2D eigenvalue weighted by molar-refractivity contribution is -0.377. The first-order valence-electron chi connectivity index (χ1n) is 10.1. The Hall–Kier alpha value is -3.01. The lowest BCUT2D eigenvalue weighted by Crippen LogP contribution is -2.19. The molecule has 1 heterocycles. The first-order chi connectivity index (χ1) is 13.9. The Bertz CT molecular complexity index is 970. The van der Waals surface area contributed by atoms with Crippen LogP contribution >= 0.6 is 0 Å². The van der Waals surface area contributed by atoms with Crippen LogP contribution in [-0.2, 0) is 10.2 Å². The lowest BCUT2D eigenvalue weighted by Gasteiger charge is -2.14. The standard InChI is InChI=1S/C25H28N2O2/c1-19-13-14-22-21(18-19)25(2,3)23(15-16-26-20-10-6-4-7-11-20)27(22)17-9-5-8-12-24(28)29/h4,6-7,10-11,13-18H,5,8-9,12H2,1-3H3/p+1. The molecule has 4 nitrogen and oxygen atoms in total. The van der Waals surface area contributed by atoms with E-state index in [1.165, 1.54) is 22.5 Å². The van der Waals surface area contributed by atoms with Gasteiger partial charge in [-0.3, -0.25) is 9.79 Å². The zero-order chi connectivity index (χ0) is 20.9. The molecule has 2 aromatic carbocycles. The molecule has 2 aromatic rings. The van der Waals surface area contributed by atoms with Crippen molar-refractivity contribution in [3.8, 4) is 0 Å². The van der Waals surface area contributed by atoms with Gasteiger partial charge in [0.15, 0.2) is 11.9 Å². The van der Waals surface area contributed by atoms with Crippen LogP contribution in [0, 0.1) is 6.92 Å². The van der Waals surface area contributed by atoms with Crippen molar-refractivity contribution in [2.45, 2.75) is 51.9 Å². The monoisotopic (exact) mass is 389 g/mol. The highest BCUT2D eigenvalue weighted by Gasteiger charge is 2.45. The number of aryl methyl sites for hydroxylation is 1. The molecule has 0 atom stereocenters. The number of fused-ring (bicyclic) bond motifs is 1. The fraction of sp³-hybridized carbons (Fsp3) is 0.320. The van der Waals surface area contributed by atoms with E-state index < -0.39 is 5.97 Å². The Morgan fingerprint density at radius 1 is 1.14 bits per heavy atom. The van der Waals surface area contributed by atoms with Crippen molar-refractivity contribution < 1.29 is 14.5 Å². The summed E-state index contributed by atoms with van der Waals surface area (Å²) in [6.07, 6.45) is 8.76. The number of unbranched alkanes of at least 4 members (excludes halogenated alkanes) is 2. The zero-order valence-electron chi connectivity index (χ0n) is 17.4. The third-order valence-electron chi connectivity index (χ3n) is 5.35. The SMILES string of the molecule is Cc1ccc2c(c1)C(C)(C)C(=CC=Nc1ccccc1)[N+]2=CCCCCC(=O)O. The van der Waals surface area contributed by atoms with E-state index in [2.05, 4.69) is 60.8 Å². The van der Waals surface area contributed by atoms with Crippen molar-refractivity contribution in [2.75, 3.05) is 0 Å². The minimum atomic E-state index is -0.731. The summed E-state index contributed by atoms with van der Waals surface area (Å²) in [5.74, 6) is -0.731. The van der Waals surface area contributed by atoms with Crippen LogP contribution in [0.2, 0.25) is 0 Å². The summed E-state index contributed by atoms with van der Waals surface area (Å²) in [6, 6.07) is 16.5. The van der Waals surface area contributed by atoms with E-state index in [0.29, 0.717) is 6.42 Å². The Balaban J connectivity index is 1.91. The topological polar surface area (TPSA) is 52.7 Å². The first-order valence-corrected chi connectivity index (χ1v) is 10.1. The zero-order valence-corrected chi connectivity index (χ0v) is 17.4. The van der Waals surface area contributed by atoms with Crippen molar-refractivity contribution in [3.63, 3.8) is 0 Å². The van der Waals surface area contributed by atoms with Gasteiger partial charge in [-0.15, -0.1) is 0 Å². The second-order valence-corrected chi connectivity index (χ2v) is 8.00. The van der Waals surface area contributed by atoms with E-state index >= 15 is 0 Å². The number of aliphatic imine (C=N–C) groups is 1. The minimum Gasteiger partial charge on any atom is -0.481 e. The predicted octanol–water partition coefficient (Wildman–Crippen LogP) is 5.93. The van der Waals surface area contributed by atoms with Crippen molar-refractivity contribution in [2.24, 2.45) is 4.99 Å². The highest BCUT2D eigenvalue weighted by Crippen LogP contribution is 2.46. The van der Waals surface area contributed by atoms with Gasteiger partial charge in [-0.05, 0) is 51.8 Å². The molecule has 0 amide bonds. The van der Waals surface area contributed by atoms with Crippen LogP contribution in [0.4, 0.5) is 11.4 Å². The third kappa shape index (κ3) is 4.89. The van der Waals surface area contributed by atoms with Crippen LogP contribution in [0.1, 0.15) is 50.7 Å². The van der Waals surface area contributed by atoms with Gasteiger partial charge >= 0.3 is 5.97 Å². The number of hydrogen-bond acceptors (Lipinski definition) is 2. The molecule has 3 rings (SSSR count). The van der Waals surface area contributed by atoms with Gasteiger partial charge in [0.2, 0.25) is 5.69 Å². The highest BCUT2D eigenvalue weighted by molar-refractivity contribution is 5.77. The van der Waals surface area contributed by atoms with Gasteiger partial charge in [0.05, 0.1) is 11.1 Å². The van der Waals surface area contributed by atoms with Crippen LogP contribution < -0.4 is 0 Å². The lowest BCUT2D eigenvalue weighted by atomic mass is 9.83. The molecule has 0 radical (unpaired) electrons. The quantitative estimate of drug-likeness (QED) is 0.362. The van der Waals surface area contributed by atoms with Gasteiger partial charge in [-0.25, -0.2) is 0 Å². The number of carboxylic acid groups (broad SMARTS) is 1. The average molecular weight is 390 g/mol. The van der Waals surface area contributed by atoms with E-state index in [9.17, 15) is 4.79 Å². The molecule has 0 bridgehead atoms. The van der Waals surface area contributed by atoms with Crippen LogP contribution in [0.25, 0.3) is 0 Å². The second kappa shape index (κ2) is 8.99. The number of aliphatic carboxylic acids is 1. The summed E-state index contributed by atoms with van der Waals surface area (Å²) in [4.78, 5) is 15.3. The molecule has 1 aliphatic heterocycles. The van der Waals surface area contributed by atoms with E-state index in [4.69, 9.17) is 5.11 Å². The summed E-state index contributed by atoms with van der Waals surface area (Å²) in [6.45, 7) is 6.60. The van der Waals surface area contributed by atoms with Crippen molar-refractivity contribution >= 4 is 29.8 Å². The Morgan fingerprint density at radius 2 is 1.90 bits per heavy atom. The van der Waals surface area contributed by atoms with Crippen LogP contribution in [0.5, 0.6) is 0 Å². The molecule has 29 heavy (non-hydrogen) atoms. The fourth-order valence-corrected chi connectivity index (χ4v) is 3.76. The average Bonchev–Trinajstić information content (AvgIpc) is 2.89. The summed E-state index contributed by atoms with van der Waals surface area (Å²) >= 11 is 0. The number of carbonyl (C=O) groups is 1. The van der Waals surface area contributed by atoms with Gasteiger partial charge < -0.3 is 5.11 Å². The predicted molar refractivity (Wildman–Crippen MR) is 119 cm³/mol. The normalized spacial score (nSPS) is 17.9. The summed E-state index contributed by atoms with van der Waals surface area (Å²) in [7, 11) is 0. The maximum atomic E-state index is 10.7. The van der Waals surface area contributed by atoms with Gasteiger partial charge in [0.25, 0.3) is 0 Å². The molecule has 0 saturated heterocycles. The van der Waals surface area contributed by atoms with E-state index in [0.717, 1.165) is 18.5 Å². The fourth-order valence-electron chi connectivity index (χ4n) is 3.76. The van der Waals surface area contributed by atoms with Crippen molar-refractivity contribution in [1.29, 1.82) is 0 Å². The second-order valence-electron chi connectivity index (χ2n) is 8.00. The maximum Gasteiger partial charge on any atom is 0.303 e. The van der Waals surface area contributed by atoms with Gasteiger partial charge in [-0.1, -0.05) is 29.8 Å². The molecular formula is C25H29N2O2+. The van der Waals surface area contributed by atoms with E-state index in [1.807, 2.05) is 36.5 Å². The third-order valence-corrected chi connectivity index (χ3v) is 5.35. The molecule has 1 N–H and O–H groups in total. The number of allylic oxidation sites excluding steroid dienone is 2. The molecule has 4 heteroatoms. The maximum absolute atomic E-state index is 10.7. The Kier molecular flexibility index (Phi) is 6.42. The number of hydrogen-bond donors (Lipinski definition) is 1. The van der Waals surface area contributed by atoms with Gasteiger partial charge in [-0.2, -0.15) is 4.58 Å². The summed E-state index contributed by atoms with van der Waals surface area (Å²) in [5.41, 5.74) is 5.71. The minimum absolute atomic E-state index is 0.137. The smallest absolute Gasteiger partial charge is 0.303 e. The molecule has 0 aliphatic carbocycles. The molecule has 0 unspecified atom stereocenters. The molecule has 0 aromatic heterocycles. The molecule has 0 fully saturated rings. The summed E-state index contributed by atoms with van der Waals surface area (Å²) in [5, 5.41) is 8.84. The van der Waals surface area contributed by atoms with Crippen LogP contribution in [0.15, 0.2) is 65.3 Å². The molecule has 1 aliphatic rings. The molecule has 0 saturated carbocycles. The number of carboxylic acids is 1. The number of rotatable bonds is 7. The Labute approximate surface area is 172 Å². The van der Waals surface area contributed by atoms with E-state index in [1.54, 1.807) is 0 Å². The van der Waals surface area contributed by atoms with Crippen molar-refractivity contribution in [3.05, 3.63) is 71.4 Å². The molecule has 0 spiro atoms. The van der Waals surface area contributed by atoms with Crippen LogP contribution in [0.3, 0.4) is 0 Å². The molecular weight excluding hydrogens is 360 g/mol. The largest absolute Gasteiger partial charge is 0.481 e. The molecule has 150 valence electrons. The van der Waals surface area contributed by atoms with Gasteiger partial charge in [0, 0.05) is 36.8 Å². The van der Waals surface area contributed by atoms with Crippen LogP contribution in [-0.4, -0.2) is 28.1 Å². The Morgan fingerprint density at radius 3 is 2.62 bits per heavy atom. The van der Waals surface area contributed by atoms with Gasteiger partial charge in [0.1, 0.15) is 0 Å². The number of nitrogens with zero attached hydrogens (tertiary/aromatic N) is 2. The van der Waals surface area contributed by atoms with E-state index in [-0.39, 0.29) is 11.8 Å². The first kappa shape index (κ1) is 20.7. The highest BCUT2D eigenvalue weighted by atomic mass is 16.4. The van der Waals surface area contributed by atoms with Crippen molar-refractivity contribution in [1.82, 2.24) is 0 Å². The summed E-state index contributed by atoms with van der Waals surface area (Å²) < 4.78 is 2.26. The number of benzene rings is 2. The number of para-hydroxylation sites is 1.